The Balaban J connectivity index is 0.000000258. The molecule has 3 N–H and O–H groups in total. The van der Waals surface area contributed by atoms with E-state index in [-0.39, 0.29) is 23.7 Å². The maximum absolute atomic E-state index is 15.0. The molecule has 4 heterocycles. The van der Waals surface area contributed by atoms with Gasteiger partial charge in [0.15, 0.2) is 0 Å². The molecule has 2 aliphatic rings. The molecule has 2 atom stereocenters. The fraction of sp³-hybridized carbons (Fsp3) is 0.447. The van der Waals surface area contributed by atoms with Gasteiger partial charge in [-0.25, -0.2) is 22.9 Å². The fourth-order valence-electron chi connectivity index (χ4n) is 6.65. The van der Waals surface area contributed by atoms with Gasteiger partial charge in [-0.2, -0.15) is 31.4 Å². The molecular weight excluding hydrogens is 796 g/mol. The summed E-state index contributed by atoms with van der Waals surface area (Å²) in [6.07, 6.45) is -2.39. The largest absolute Gasteiger partial charge is 0.419 e. The van der Waals surface area contributed by atoms with Gasteiger partial charge in [0.05, 0.1) is 22.5 Å². The predicted molar refractivity (Wildman–Crippen MR) is 203 cm³/mol. The standard InChI is InChI=1S/C28H37FN4O3S.C10H7F6N5/c1-30-28(35)11-9-24(21-34)23-8-10-27(26(29)19-23)32-16-14-31(15-17-32)20-22-6-5-7-25(18-22)37(36)33-12-3-2-4-13-33;11-9(12,13)4-21-3-5(1-19-21)7-6(10(14,15)16)2-18-8(17)20-7/h5-8,10,18-19,21,24H,2-4,9,11-17,20H2,1H3,(H,30,35);1-3H,4H2,(H2,17,18,20). The number of nitrogens with one attached hydrogen (secondary N) is 1. The van der Waals surface area contributed by atoms with E-state index in [1.165, 1.54) is 12.5 Å². The number of piperidine rings is 1. The normalized spacial score (nSPS) is 16.6. The molecule has 2 aromatic carbocycles. The van der Waals surface area contributed by atoms with Gasteiger partial charge in [-0.15, -0.1) is 0 Å². The Morgan fingerprint density at radius 2 is 1.71 bits per heavy atom. The molecule has 2 fully saturated rings. The molecule has 6 rings (SSSR count). The molecule has 2 unspecified atom stereocenters. The number of carbonyl (C=O) groups excluding carboxylic acids is 2. The number of rotatable bonds is 12. The van der Waals surface area contributed by atoms with Crippen molar-refractivity contribution in [2.45, 2.75) is 68.4 Å². The number of hydrogen-bond acceptors (Lipinski definition) is 9. The summed E-state index contributed by atoms with van der Waals surface area (Å²) in [6, 6.07) is 13.0. The third kappa shape index (κ3) is 12.3. The first-order valence-electron chi connectivity index (χ1n) is 18.5. The molecule has 0 saturated carbocycles. The van der Waals surface area contributed by atoms with Crippen molar-refractivity contribution in [2.24, 2.45) is 0 Å². The second kappa shape index (κ2) is 19.7. The summed E-state index contributed by atoms with van der Waals surface area (Å²) >= 11 is 0. The van der Waals surface area contributed by atoms with Crippen molar-refractivity contribution in [3.8, 4) is 11.3 Å². The summed E-state index contributed by atoms with van der Waals surface area (Å²) in [4.78, 5) is 35.0. The minimum absolute atomic E-state index is 0.135. The van der Waals surface area contributed by atoms with Crippen LogP contribution < -0.4 is 16.0 Å². The zero-order chi connectivity index (χ0) is 42.0. The lowest BCUT2D eigenvalue weighted by molar-refractivity contribution is -0.142. The molecule has 314 valence electrons. The molecule has 0 aliphatic carbocycles. The van der Waals surface area contributed by atoms with Crippen molar-refractivity contribution in [1.82, 2.24) is 34.3 Å². The summed E-state index contributed by atoms with van der Waals surface area (Å²) in [7, 11) is 0.450. The lowest BCUT2D eigenvalue weighted by Gasteiger charge is -2.36. The second-order valence-electron chi connectivity index (χ2n) is 13.8. The molecule has 2 aromatic heterocycles. The molecule has 0 bridgehead atoms. The van der Waals surface area contributed by atoms with Crippen LogP contribution in [0, 0.1) is 5.82 Å². The van der Waals surface area contributed by atoms with Crippen LogP contribution in [0.1, 0.15) is 54.7 Å². The number of alkyl halides is 6. The minimum Gasteiger partial charge on any atom is -0.368 e. The molecule has 0 spiro atoms. The van der Waals surface area contributed by atoms with E-state index in [0.717, 1.165) is 74.7 Å². The van der Waals surface area contributed by atoms with Gasteiger partial charge in [-0.3, -0.25) is 14.4 Å². The van der Waals surface area contributed by atoms with Gasteiger partial charge in [0.1, 0.15) is 35.2 Å². The van der Waals surface area contributed by atoms with E-state index < -0.39 is 53.0 Å². The first-order valence-corrected chi connectivity index (χ1v) is 19.6. The van der Waals surface area contributed by atoms with Crippen molar-refractivity contribution >= 4 is 34.8 Å². The smallest absolute Gasteiger partial charge is 0.368 e. The highest BCUT2D eigenvalue weighted by Gasteiger charge is 2.36. The number of nitrogens with two attached hydrogens (primary N) is 1. The number of nitrogen functional groups attached to an aromatic ring is 1. The Labute approximate surface area is 333 Å². The van der Waals surface area contributed by atoms with Crippen LogP contribution in [0.4, 0.5) is 42.4 Å². The van der Waals surface area contributed by atoms with Gasteiger partial charge in [-0.1, -0.05) is 24.6 Å². The Kier molecular flexibility index (Phi) is 15.0. The number of aromatic nitrogens is 4. The lowest BCUT2D eigenvalue weighted by atomic mass is 9.95. The fourth-order valence-corrected chi connectivity index (χ4v) is 7.99. The predicted octanol–water partition coefficient (Wildman–Crippen LogP) is 5.97. The minimum atomic E-state index is -4.77. The van der Waals surface area contributed by atoms with E-state index in [2.05, 4.69) is 41.7 Å². The highest BCUT2D eigenvalue weighted by Crippen LogP contribution is 2.36. The van der Waals surface area contributed by atoms with Gasteiger partial charge in [0.25, 0.3) is 0 Å². The highest BCUT2D eigenvalue weighted by atomic mass is 32.2. The Morgan fingerprint density at radius 3 is 2.34 bits per heavy atom. The van der Waals surface area contributed by atoms with Crippen LogP contribution in [-0.4, -0.2) is 97.8 Å². The molecule has 1 amide bonds. The Hall–Kier alpha value is -4.95. The first-order chi connectivity index (χ1) is 27.5. The molecule has 20 heteroatoms. The summed E-state index contributed by atoms with van der Waals surface area (Å²) < 4.78 is 106. The quantitative estimate of drug-likeness (QED) is 0.130. The zero-order valence-electron chi connectivity index (χ0n) is 31.6. The maximum Gasteiger partial charge on any atom is 0.419 e. The second-order valence-corrected chi connectivity index (χ2v) is 15.3. The number of benzene rings is 2. The third-order valence-corrected chi connectivity index (χ3v) is 11.1. The van der Waals surface area contributed by atoms with Crippen molar-refractivity contribution < 1.29 is 44.5 Å². The molecule has 58 heavy (non-hydrogen) atoms. The van der Waals surface area contributed by atoms with E-state index in [9.17, 15) is 40.1 Å². The number of carbonyl (C=O) groups is 2. The van der Waals surface area contributed by atoms with Crippen molar-refractivity contribution in [2.75, 3.05) is 56.9 Å². The van der Waals surface area contributed by atoms with E-state index in [4.69, 9.17) is 5.73 Å². The van der Waals surface area contributed by atoms with E-state index in [1.54, 1.807) is 19.2 Å². The number of halogens is 7. The number of nitrogens with zero attached hydrogens (tertiary/aromatic N) is 7. The number of piperazine rings is 1. The Bertz CT molecular complexity index is 2030. The van der Waals surface area contributed by atoms with E-state index >= 15 is 4.39 Å². The average molecular weight is 840 g/mol. The first kappa shape index (κ1) is 44.2. The number of aldehydes is 1. The Morgan fingerprint density at radius 1 is 0.983 bits per heavy atom. The molecule has 2 saturated heterocycles. The summed E-state index contributed by atoms with van der Waals surface area (Å²) in [5.74, 6) is -1.41. The summed E-state index contributed by atoms with van der Waals surface area (Å²) in [5.41, 5.74) is 5.44. The van der Waals surface area contributed by atoms with Crippen LogP contribution in [0.2, 0.25) is 0 Å². The maximum atomic E-state index is 15.0. The van der Waals surface area contributed by atoms with E-state index in [0.29, 0.717) is 41.6 Å². The van der Waals surface area contributed by atoms with Crippen LogP contribution in [0.25, 0.3) is 11.3 Å². The van der Waals surface area contributed by atoms with Crippen molar-refractivity contribution in [3.63, 3.8) is 0 Å². The molecule has 2 aliphatic heterocycles. The number of amides is 1. The average Bonchev–Trinajstić information content (AvgIpc) is 3.65. The van der Waals surface area contributed by atoms with Crippen LogP contribution in [0.5, 0.6) is 0 Å². The van der Waals surface area contributed by atoms with Gasteiger partial charge < -0.3 is 20.7 Å². The van der Waals surface area contributed by atoms with Gasteiger partial charge in [0.2, 0.25) is 11.9 Å². The van der Waals surface area contributed by atoms with Crippen LogP contribution >= 0.6 is 0 Å². The van der Waals surface area contributed by atoms with Crippen molar-refractivity contribution in [3.05, 3.63) is 83.6 Å². The van der Waals surface area contributed by atoms with Gasteiger partial charge in [-0.05, 0) is 54.7 Å². The monoisotopic (exact) mass is 839 g/mol. The molecule has 4 aromatic rings. The van der Waals surface area contributed by atoms with Crippen LogP contribution in [0.15, 0.2) is 66.0 Å². The lowest BCUT2D eigenvalue weighted by Crippen LogP contribution is -2.46. The van der Waals surface area contributed by atoms with E-state index in [1.807, 2.05) is 17.0 Å². The molecule has 12 nitrogen and oxygen atoms in total. The summed E-state index contributed by atoms with van der Waals surface area (Å²) in [6.45, 7) is 4.12. The van der Waals surface area contributed by atoms with Gasteiger partial charge in [0, 0.05) is 83.2 Å². The van der Waals surface area contributed by atoms with Crippen molar-refractivity contribution in [1.29, 1.82) is 0 Å². The zero-order valence-corrected chi connectivity index (χ0v) is 32.4. The van der Waals surface area contributed by atoms with Crippen LogP contribution in [0.3, 0.4) is 0 Å². The third-order valence-electron chi connectivity index (χ3n) is 9.65. The SMILES string of the molecule is CNC(=O)CCC(C=O)c1ccc(N2CCN(Cc3cccc(S(=O)N4CCCCC4)c3)CC2)c(F)c1.Nc1ncc(C(F)(F)F)c(-c2cnn(CC(F)(F)F)c2)n1. The van der Waals surface area contributed by atoms with Gasteiger partial charge >= 0.3 is 12.4 Å². The summed E-state index contributed by atoms with van der Waals surface area (Å²) in [5, 5.41) is 5.90. The number of hydrogen-bond donors (Lipinski definition) is 2. The topological polar surface area (TPSA) is 143 Å². The number of anilines is 2. The van der Waals surface area contributed by atoms with Crippen LogP contribution in [-0.2, 0) is 39.8 Å². The highest BCUT2D eigenvalue weighted by molar-refractivity contribution is 7.82. The molecule has 0 radical (unpaired) electrons. The molecular formula is C38H44F7N9O3S.